The van der Waals surface area contributed by atoms with E-state index >= 15 is 0 Å². The Hall–Kier alpha value is -1.96. The quantitative estimate of drug-likeness (QED) is 0.818. The minimum atomic E-state index is 0.634. The average Bonchev–Trinajstić information content (AvgIpc) is 3.17. The lowest BCUT2D eigenvalue weighted by molar-refractivity contribution is 0.643. The second-order valence-corrected chi connectivity index (χ2v) is 8.24. The van der Waals surface area contributed by atoms with Crippen molar-refractivity contribution in [1.82, 2.24) is 19.3 Å². The third-order valence-electron chi connectivity index (χ3n) is 5.49. The molecule has 8 heteroatoms. The first kappa shape index (κ1) is 16.2. The molecule has 0 spiro atoms. The highest BCUT2D eigenvalue weighted by molar-refractivity contribution is 7.09. The standard InChI is InChI=1S/C18H25N7S/c1-13-19-15(23-6-2-3-7-23)12-16(20-13)24-8-10-25(11-9-24)18-21-17(22-26-18)14-4-5-14/h12,14H,2-11H2,1H3. The molecule has 0 N–H and O–H groups in total. The molecule has 2 aliphatic heterocycles. The van der Waals surface area contributed by atoms with E-state index in [0.29, 0.717) is 5.92 Å². The van der Waals surface area contributed by atoms with Gasteiger partial charge >= 0.3 is 0 Å². The minimum absolute atomic E-state index is 0.634. The van der Waals surface area contributed by atoms with E-state index in [4.69, 9.17) is 9.97 Å². The minimum Gasteiger partial charge on any atom is -0.356 e. The molecule has 0 atom stereocenters. The number of aryl methyl sites for hydroxylation is 1. The van der Waals surface area contributed by atoms with Crippen LogP contribution in [0.25, 0.3) is 0 Å². The van der Waals surface area contributed by atoms with E-state index in [-0.39, 0.29) is 0 Å². The number of hydrogen-bond acceptors (Lipinski definition) is 8. The Bertz CT molecular complexity index is 774. The van der Waals surface area contributed by atoms with Gasteiger partial charge in [-0.05, 0) is 32.6 Å². The lowest BCUT2D eigenvalue weighted by Crippen LogP contribution is -2.47. The van der Waals surface area contributed by atoms with Crippen molar-refractivity contribution in [2.75, 3.05) is 54.0 Å². The fourth-order valence-corrected chi connectivity index (χ4v) is 4.59. The Morgan fingerprint density at radius 2 is 1.46 bits per heavy atom. The molecule has 2 aromatic rings. The summed E-state index contributed by atoms with van der Waals surface area (Å²) < 4.78 is 4.55. The van der Waals surface area contributed by atoms with Gasteiger partial charge in [0, 0.05) is 62.8 Å². The van der Waals surface area contributed by atoms with Crippen LogP contribution in [0.4, 0.5) is 16.8 Å². The zero-order valence-electron chi connectivity index (χ0n) is 15.3. The Morgan fingerprint density at radius 3 is 2.12 bits per heavy atom. The van der Waals surface area contributed by atoms with E-state index in [1.807, 2.05) is 6.92 Å². The molecule has 4 heterocycles. The molecule has 26 heavy (non-hydrogen) atoms. The average molecular weight is 372 g/mol. The molecule has 7 nitrogen and oxygen atoms in total. The topological polar surface area (TPSA) is 61.3 Å². The van der Waals surface area contributed by atoms with E-state index in [0.717, 1.165) is 67.7 Å². The van der Waals surface area contributed by atoms with Crippen molar-refractivity contribution in [1.29, 1.82) is 0 Å². The van der Waals surface area contributed by atoms with Crippen LogP contribution in [0.5, 0.6) is 0 Å². The van der Waals surface area contributed by atoms with Crippen LogP contribution < -0.4 is 14.7 Å². The molecule has 2 aromatic heterocycles. The van der Waals surface area contributed by atoms with Crippen molar-refractivity contribution in [2.45, 2.75) is 38.5 Å². The first-order valence-corrected chi connectivity index (χ1v) is 10.5. The summed E-state index contributed by atoms with van der Waals surface area (Å²) in [6.07, 6.45) is 5.05. The number of anilines is 3. The molecule has 3 aliphatic rings. The molecule has 0 radical (unpaired) electrons. The van der Waals surface area contributed by atoms with Crippen molar-refractivity contribution >= 4 is 28.3 Å². The summed E-state index contributed by atoms with van der Waals surface area (Å²) in [5, 5.41) is 1.09. The molecule has 3 fully saturated rings. The highest BCUT2D eigenvalue weighted by Crippen LogP contribution is 2.39. The molecule has 2 saturated heterocycles. The molecule has 0 amide bonds. The lowest BCUT2D eigenvalue weighted by Gasteiger charge is -2.35. The van der Waals surface area contributed by atoms with E-state index in [9.17, 15) is 0 Å². The highest BCUT2D eigenvalue weighted by Gasteiger charge is 2.29. The molecule has 0 bridgehead atoms. The van der Waals surface area contributed by atoms with Gasteiger partial charge in [0.05, 0.1) is 0 Å². The van der Waals surface area contributed by atoms with Crippen LogP contribution in [0.3, 0.4) is 0 Å². The second-order valence-electron chi connectivity index (χ2n) is 7.51. The molecule has 1 aliphatic carbocycles. The zero-order valence-corrected chi connectivity index (χ0v) is 16.1. The summed E-state index contributed by atoms with van der Waals surface area (Å²) in [7, 11) is 0. The summed E-state index contributed by atoms with van der Waals surface area (Å²) in [6, 6.07) is 2.17. The van der Waals surface area contributed by atoms with Gasteiger partial charge in [-0.3, -0.25) is 0 Å². The van der Waals surface area contributed by atoms with Crippen LogP contribution in [0.15, 0.2) is 6.07 Å². The van der Waals surface area contributed by atoms with Gasteiger partial charge < -0.3 is 14.7 Å². The number of hydrogen-bond donors (Lipinski definition) is 0. The number of rotatable bonds is 4. The van der Waals surface area contributed by atoms with Gasteiger partial charge in [-0.25, -0.2) is 15.0 Å². The summed E-state index contributed by atoms with van der Waals surface area (Å²) in [4.78, 5) is 21.3. The SMILES string of the molecule is Cc1nc(N2CCCC2)cc(N2CCN(c3nc(C4CC4)ns3)CC2)n1. The second kappa shape index (κ2) is 6.64. The first-order valence-electron chi connectivity index (χ1n) is 9.70. The number of aromatic nitrogens is 4. The van der Waals surface area contributed by atoms with Gasteiger partial charge in [-0.1, -0.05) is 0 Å². The van der Waals surface area contributed by atoms with Gasteiger partial charge in [0.15, 0.2) is 0 Å². The van der Waals surface area contributed by atoms with Crippen molar-refractivity contribution in [3.63, 3.8) is 0 Å². The molecule has 138 valence electrons. The Morgan fingerprint density at radius 1 is 0.846 bits per heavy atom. The van der Waals surface area contributed by atoms with Crippen molar-refractivity contribution < 1.29 is 0 Å². The molecule has 5 rings (SSSR count). The van der Waals surface area contributed by atoms with E-state index in [1.165, 1.54) is 25.7 Å². The largest absolute Gasteiger partial charge is 0.356 e. The maximum atomic E-state index is 4.76. The Balaban J connectivity index is 1.27. The van der Waals surface area contributed by atoms with E-state index in [2.05, 4.69) is 30.1 Å². The van der Waals surface area contributed by atoms with Gasteiger partial charge in [-0.15, -0.1) is 0 Å². The van der Waals surface area contributed by atoms with Crippen LogP contribution in [-0.4, -0.2) is 58.6 Å². The van der Waals surface area contributed by atoms with Crippen LogP contribution in [0.2, 0.25) is 0 Å². The number of nitrogens with zero attached hydrogens (tertiary/aromatic N) is 7. The molecular weight excluding hydrogens is 346 g/mol. The smallest absolute Gasteiger partial charge is 0.205 e. The summed E-state index contributed by atoms with van der Waals surface area (Å²) in [5.74, 6) is 4.72. The van der Waals surface area contributed by atoms with Crippen LogP contribution in [0, 0.1) is 6.92 Å². The predicted molar refractivity (Wildman–Crippen MR) is 105 cm³/mol. The fourth-order valence-electron chi connectivity index (χ4n) is 3.80. The monoisotopic (exact) mass is 371 g/mol. The molecule has 1 saturated carbocycles. The van der Waals surface area contributed by atoms with Crippen molar-refractivity contribution in [3.8, 4) is 0 Å². The molecule has 0 aromatic carbocycles. The van der Waals surface area contributed by atoms with E-state index < -0.39 is 0 Å². The van der Waals surface area contributed by atoms with Crippen LogP contribution in [-0.2, 0) is 0 Å². The Labute approximate surface area is 158 Å². The third-order valence-corrected chi connectivity index (χ3v) is 6.28. The zero-order chi connectivity index (χ0) is 17.5. The van der Waals surface area contributed by atoms with Crippen molar-refractivity contribution in [3.05, 3.63) is 17.7 Å². The van der Waals surface area contributed by atoms with Gasteiger partial charge in [0.1, 0.15) is 23.3 Å². The van der Waals surface area contributed by atoms with Crippen molar-refractivity contribution in [2.24, 2.45) is 0 Å². The number of piperazine rings is 1. The van der Waals surface area contributed by atoms with E-state index in [1.54, 1.807) is 11.5 Å². The maximum absolute atomic E-state index is 4.76. The van der Waals surface area contributed by atoms with Gasteiger partial charge in [0.2, 0.25) is 5.13 Å². The van der Waals surface area contributed by atoms with Gasteiger partial charge in [-0.2, -0.15) is 4.37 Å². The van der Waals surface area contributed by atoms with Gasteiger partial charge in [0.25, 0.3) is 0 Å². The van der Waals surface area contributed by atoms with Crippen LogP contribution in [0.1, 0.15) is 43.3 Å². The summed E-state index contributed by atoms with van der Waals surface area (Å²) in [5.41, 5.74) is 0. The normalized spacial score (nSPS) is 20.9. The maximum Gasteiger partial charge on any atom is 0.205 e. The fraction of sp³-hybridized carbons (Fsp3) is 0.667. The summed E-state index contributed by atoms with van der Waals surface area (Å²) >= 11 is 1.56. The first-order chi connectivity index (χ1) is 12.8. The third kappa shape index (κ3) is 3.22. The Kier molecular flexibility index (Phi) is 4.15. The highest BCUT2D eigenvalue weighted by atomic mass is 32.1. The lowest BCUT2D eigenvalue weighted by atomic mass is 10.3. The summed E-state index contributed by atoms with van der Waals surface area (Å²) in [6.45, 7) is 8.11. The predicted octanol–water partition coefficient (Wildman–Crippen LogP) is 2.44. The molecular formula is C18H25N7S. The van der Waals surface area contributed by atoms with Crippen LogP contribution >= 0.6 is 11.5 Å². The molecule has 0 unspecified atom stereocenters.